The van der Waals surface area contributed by atoms with Gasteiger partial charge in [0.05, 0.1) is 18.3 Å². The van der Waals surface area contributed by atoms with Crippen molar-refractivity contribution < 1.29 is 4.79 Å². The number of carbonyl (C=O) groups is 1. The average Bonchev–Trinajstić information content (AvgIpc) is 3.11. The highest BCUT2D eigenvalue weighted by Crippen LogP contribution is 2.36. The Morgan fingerprint density at radius 1 is 1.10 bits per heavy atom. The van der Waals surface area contributed by atoms with Crippen LogP contribution in [0, 0.1) is 12.8 Å². The molecule has 0 fully saturated rings. The number of rotatable bonds is 4. The fourth-order valence-electron chi connectivity index (χ4n) is 4.10. The van der Waals surface area contributed by atoms with E-state index in [0.717, 1.165) is 28.9 Å². The first-order valence-electron chi connectivity index (χ1n) is 10.4. The number of urea groups is 1. The van der Waals surface area contributed by atoms with Crippen molar-refractivity contribution in [2.24, 2.45) is 5.92 Å². The van der Waals surface area contributed by atoms with Gasteiger partial charge >= 0.3 is 6.03 Å². The van der Waals surface area contributed by atoms with Crippen LogP contribution < -0.4 is 5.32 Å². The molecule has 4 rings (SSSR count). The zero-order valence-corrected chi connectivity index (χ0v) is 17.4. The first-order chi connectivity index (χ1) is 14.0. The molecule has 1 atom stereocenters. The molecule has 2 aromatic carbocycles. The van der Waals surface area contributed by atoms with Crippen LogP contribution in [0.25, 0.3) is 5.69 Å². The fraction of sp³-hybridized carbons (Fsp3) is 0.320. The molecular formula is C25H29N3O. The van der Waals surface area contributed by atoms with Gasteiger partial charge in [0, 0.05) is 18.4 Å². The minimum atomic E-state index is -0.142. The third kappa shape index (κ3) is 3.93. The van der Waals surface area contributed by atoms with Gasteiger partial charge in [0.2, 0.25) is 0 Å². The monoisotopic (exact) mass is 387 g/mol. The molecule has 150 valence electrons. The molecule has 1 N–H and O–H groups in total. The minimum absolute atomic E-state index is 0.0124. The van der Waals surface area contributed by atoms with Crippen molar-refractivity contribution in [1.82, 2.24) is 14.8 Å². The Labute approximate surface area is 173 Å². The summed E-state index contributed by atoms with van der Waals surface area (Å²) >= 11 is 0. The van der Waals surface area contributed by atoms with Gasteiger partial charge in [-0.3, -0.25) is 0 Å². The topological polar surface area (TPSA) is 37.3 Å². The quantitative estimate of drug-likeness (QED) is 0.635. The molecule has 0 radical (unpaired) electrons. The van der Waals surface area contributed by atoms with Gasteiger partial charge < -0.3 is 14.8 Å². The van der Waals surface area contributed by atoms with Crippen LogP contribution in [0.2, 0.25) is 0 Å². The second kappa shape index (κ2) is 8.16. The Balaban J connectivity index is 1.79. The molecule has 1 aromatic heterocycles. The number of hydrogen-bond donors (Lipinski definition) is 1. The van der Waals surface area contributed by atoms with Crippen LogP contribution in [0.1, 0.15) is 48.7 Å². The van der Waals surface area contributed by atoms with Gasteiger partial charge in [-0.1, -0.05) is 61.9 Å². The van der Waals surface area contributed by atoms with Crippen LogP contribution in [-0.2, 0) is 6.54 Å². The Morgan fingerprint density at radius 3 is 2.72 bits per heavy atom. The molecule has 1 unspecified atom stereocenters. The standard InChI is InChI=1S/C25H29N3O/c1-18(2)13-14-26-25(29)28-17-21-9-4-5-11-22(21)27-15-7-12-23(27)24(28)20-10-6-8-19(3)16-20/h4-12,15-16,18,24H,13-14,17H2,1-3H3,(H,26,29). The number of benzene rings is 2. The van der Waals surface area contributed by atoms with E-state index in [2.05, 4.69) is 91.4 Å². The number of nitrogens with zero attached hydrogens (tertiary/aromatic N) is 2. The highest BCUT2D eigenvalue weighted by atomic mass is 16.2. The smallest absolute Gasteiger partial charge is 0.318 e. The number of aromatic nitrogens is 1. The van der Waals surface area contributed by atoms with Crippen molar-refractivity contribution in [3.8, 4) is 5.69 Å². The van der Waals surface area contributed by atoms with E-state index in [1.807, 2.05) is 11.0 Å². The molecule has 0 spiro atoms. The van der Waals surface area contributed by atoms with E-state index in [-0.39, 0.29) is 12.1 Å². The maximum absolute atomic E-state index is 13.3. The summed E-state index contributed by atoms with van der Waals surface area (Å²) in [5, 5.41) is 3.16. The van der Waals surface area contributed by atoms with Crippen molar-refractivity contribution in [3.05, 3.63) is 89.2 Å². The lowest BCUT2D eigenvalue weighted by Gasteiger charge is -2.31. The van der Waals surface area contributed by atoms with E-state index in [0.29, 0.717) is 19.0 Å². The SMILES string of the molecule is Cc1cccc(C2c3cccn3-c3ccccc3CN2C(=O)NCCC(C)C)c1. The molecule has 0 bridgehead atoms. The van der Waals surface area contributed by atoms with Crippen LogP contribution in [0.4, 0.5) is 4.79 Å². The molecule has 1 aliphatic heterocycles. The van der Waals surface area contributed by atoms with Gasteiger partial charge in [-0.2, -0.15) is 0 Å². The number of para-hydroxylation sites is 1. The number of amides is 2. The summed E-state index contributed by atoms with van der Waals surface area (Å²) in [7, 11) is 0. The van der Waals surface area contributed by atoms with Crippen LogP contribution in [-0.4, -0.2) is 22.0 Å². The van der Waals surface area contributed by atoms with Crippen LogP contribution in [0.15, 0.2) is 66.9 Å². The molecular weight excluding hydrogens is 358 g/mol. The summed E-state index contributed by atoms with van der Waals surface area (Å²) in [6.07, 6.45) is 3.07. The average molecular weight is 388 g/mol. The summed E-state index contributed by atoms with van der Waals surface area (Å²) in [6, 6.07) is 20.9. The van der Waals surface area contributed by atoms with E-state index in [9.17, 15) is 4.79 Å². The van der Waals surface area contributed by atoms with Gasteiger partial charge in [-0.25, -0.2) is 4.79 Å². The zero-order chi connectivity index (χ0) is 20.4. The number of aryl methyl sites for hydroxylation is 1. The van der Waals surface area contributed by atoms with E-state index in [1.165, 1.54) is 5.56 Å². The number of carbonyl (C=O) groups excluding carboxylic acids is 1. The molecule has 1 aliphatic rings. The van der Waals surface area contributed by atoms with Gasteiger partial charge in [0.25, 0.3) is 0 Å². The highest BCUT2D eigenvalue weighted by Gasteiger charge is 2.32. The van der Waals surface area contributed by atoms with Gasteiger partial charge in [0.15, 0.2) is 0 Å². The largest absolute Gasteiger partial charge is 0.338 e. The molecule has 3 aromatic rings. The minimum Gasteiger partial charge on any atom is -0.338 e. The van der Waals surface area contributed by atoms with Crippen molar-refractivity contribution >= 4 is 6.03 Å². The van der Waals surface area contributed by atoms with E-state index < -0.39 is 0 Å². The lowest BCUT2D eigenvalue weighted by atomic mass is 10.00. The second-order valence-corrected chi connectivity index (χ2v) is 8.29. The molecule has 29 heavy (non-hydrogen) atoms. The molecule has 0 saturated heterocycles. The predicted molar refractivity (Wildman–Crippen MR) is 117 cm³/mol. The highest BCUT2D eigenvalue weighted by molar-refractivity contribution is 5.76. The Kier molecular flexibility index (Phi) is 5.43. The van der Waals surface area contributed by atoms with Crippen molar-refractivity contribution in [2.45, 2.75) is 39.8 Å². The molecule has 2 heterocycles. The fourth-order valence-corrected chi connectivity index (χ4v) is 4.10. The van der Waals surface area contributed by atoms with Gasteiger partial charge in [0.1, 0.15) is 0 Å². The van der Waals surface area contributed by atoms with Crippen LogP contribution in [0.5, 0.6) is 0 Å². The van der Waals surface area contributed by atoms with Crippen molar-refractivity contribution in [1.29, 1.82) is 0 Å². The second-order valence-electron chi connectivity index (χ2n) is 8.29. The number of nitrogens with one attached hydrogen (secondary N) is 1. The normalized spacial score (nSPS) is 15.6. The molecule has 4 heteroatoms. The lowest BCUT2D eigenvalue weighted by Crippen LogP contribution is -2.42. The number of fused-ring (bicyclic) bond motifs is 3. The third-order valence-electron chi connectivity index (χ3n) is 5.58. The molecule has 0 aliphatic carbocycles. The first kappa shape index (κ1) is 19.3. The zero-order valence-electron chi connectivity index (χ0n) is 17.4. The molecule has 4 nitrogen and oxygen atoms in total. The lowest BCUT2D eigenvalue weighted by molar-refractivity contribution is 0.180. The summed E-state index contributed by atoms with van der Waals surface area (Å²) < 4.78 is 2.23. The van der Waals surface area contributed by atoms with E-state index in [1.54, 1.807) is 0 Å². The summed E-state index contributed by atoms with van der Waals surface area (Å²) in [4.78, 5) is 15.3. The predicted octanol–water partition coefficient (Wildman–Crippen LogP) is 5.45. The maximum atomic E-state index is 13.3. The van der Waals surface area contributed by atoms with Crippen LogP contribution in [0.3, 0.4) is 0 Å². The Bertz CT molecular complexity index is 1000. The van der Waals surface area contributed by atoms with Gasteiger partial charge in [-0.05, 0) is 48.6 Å². The summed E-state index contributed by atoms with van der Waals surface area (Å²) in [5.41, 5.74) is 5.74. The summed E-state index contributed by atoms with van der Waals surface area (Å²) in [6.45, 7) is 7.72. The number of hydrogen-bond acceptors (Lipinski definition) is 1. The molecule has 0 saturated carbocycles. The Hall–Kier alpha value is -3.01. The van der Waals surface area contributed by atoms with Crippen LogP contribution >= 0.6 is 0 Å². The van der Waals surface area contributed by atoms with E-state index >= 15 is 0 Å². The van der Waals surface area contributed by atoms with E-state index in [4.69, 9.17) is 0 Å². The summed E-state index contributed by atoms with van der Waals surface area (Å²) in [5.74, 6) is 0.560. The Morgan fingerprint density at radius 2 is 1.93 bits per heavy atom. The van der Waals surface area contributed by atoms with Crippen molar-refractivity contribution in [3.63, 3.8) is 0 Å². The maximum Gasteiger partial charge on any atom is 0.318 e. The molecule has 2 amide bonds. The first-order valence-corrected chi connectivity index (χ1v) is 10.4. The van der Waals surface area contributed by atoms with Crippen molar-refractivity contribution in [2.75, 3.05) is 6.54 Å². The van der Waals surface area contributed by atoms with Gasteiger partial charge in [-0.15, -0.1) is 0 Å². The third-order valence-corrected chi connectivity index (χ3v) is 5.58.